The molecule has 0 aliphatic heterocycles. The lowest BCUT2D eigenvalue weighted by Crippen LogP contribution is -2.10. The number of thiophene rings is 1. The smallest absolute Gasteiger partial charge is 0.248 e. The van der Waals surface area contributed by atoms with Gasteiger partial charge in [0.05, 0.1) is 0 Å². The molecular weight excluding hydrogens is 322 g/mol. The number of ketones is 1. The number of hydrogen-bond acceptors (Lipinski definition) is 4. The summed E-state index contributed by atoms with van der Waals surface area (Å²) in [5.74, 6) is 0.00703. The molecule has 24 heavy (non-hydrogen) atoms. The molecule has 0 aliphatic carbocycles. The number of aryl methyl sites for hydroxylation is 1. The third-order valence-electron chi connectivity index (χ3n) is 3.41. The highest BCUT2D eigenvalue weighted by Crippen LogP contribution is 2.13. The molecule has 0 spiro atoms. The topological polar surface area (TPSA) is 64.0 Å². The van der Waals surface area contributed by atoms with Crippen molar-refractivity contribution in [3.8, 4) is 0 Å². The molecule has 0 bridgehead atoms. The van der Waals surface area contributed by atoms with Crippen LogP contribution in [0.15, 0.2) is 59.6 Å². The minimum absolute atomic E-state index is 0.155. The quantitative estimate of drug-likeness (QED) is 0.573. The Morgan fingerprint density at radius 3 is 2.62 bits per heavy atom. The Balaban J connectivity index is 1.65. The number of carbonyl (C=O) groups is 2. The number of benzene rings is 1. The van der Waals surface area contributed by atoms with Crippen molar-refractivity contribution in [3.63, 3.8) is 0 Å². The molecule has 0 saturated heterocycles. The van der Waals surface area contributed by atoms with Crippen molar-refractivity contribution in [2.24, 2.45) is 7.05 Å². The van der Waals surface area contributed by atoms with Crippen molar-refractivity contribution in [3.05, 3.63) is 76.5 Å². The van der Waals surface area contributed by atoms with Crippen LogP contribution in [0.3, 0.4) is 0 Å². The van der Waals surface area contributed by atoms with Crippen LogP contribution in [0, 0.1) is 0 Å². The summed E-state index contributed by atoms with van der Waals surface area (Å²) >= 11 is 1.58. The fourth-order valence-corrected chi connectivity index (χ4v) is 2.77. The highest BCUT2D eigenvalue weighted by Gasteiger charge is 2.13. The normalized spacial score (nSPS) is 10.9. The molecule has 5 nitrogen and oxygen atoms in total. The molecule has 2 heterocycles. The second-order valence-electron chi connectivity index (χ2n) is 5.15. The zero-order chi connectivity index (χ0) is 16.9. The van der Waals surface area contributed by atoms with E-state index in [1.54, 1.807) is 65.7 Å². The molecule has 6 heteroatoms. The van der Waals surface area contributed by atoms with Crippen molar-refractivity contribution in [1.29, 1.82) is 0 Å². The molecule has 1 N–H and O–H groups in total. The molecule has 3 rings (SSSR count). The number of carbonyl (C=O) groups excluding carboxylic acids is 2. The summed E-state index contributed by atoms with van der Waals surface area (Å²) in [5.41, 5.74) is 2.15. The second kappa shape index (κ2) is 7.06. The Bertz CT molecular complexity index is 877. The van der Waals surface area contributed by atoms with E-state index in [9.17, 15) is 9.59 Å². The Kier molecular flexibility index (Phi) is 4.67. The first-order chi connectivity index (χ1) is 11.6. The van der Waals surface area contributed by atoms with Crippen LogP contribution in [0.2, 0.25) is 0 Å². The molecule has 0 aliphatic rings. The number of hydrogen-bond donors (Lipinski definition) is 1. The van der Waals surface area contributed by atoms with Crippen LogP contribution < -0.4 is 5.32 Å². The van der Waals surface area contributed by atoms with Crippen LogP contribution in [0.5, 0.6) is 0 Å². The molecule has 1 aromatic carbocycles. The number of nitrogens with one attached hydrogen (secondary N) is 1. The standard InChI is InChI=1S/C18H15N3O2S/c1-21-10-9-19-18(21)17(23)14-3-5-15(6-4-14)20-16(22)7-2-13-8-11-24-12-13/h2-12H,1H3,(H,20,22). The zero-order valence-corrected chi connectivity index (χ0v) is 13.8. The van der Waals surface area contributed by atoms with Crippen LogP contribution in [-0.2, 0) is 11.8 Å². The average Bonchev–Trinajstić information content (AvgIpc) is 3.24. The molecule has 3 aromatic rings. The molecule has 1 amide bonds. The van der Waals surface area contributed by atoms with Crippen molar-refractivity contribution < 1.29 is 9.59 Å². The van der Waals surface area contributed by atoms with Crippen molar-refractivity contribution in [2.45, 2.75) is 0 Å². The van der Waals surface area contributed by atoms with Crippen LogP contribution >= 0.6 is 11.3 Å². The number of nitrogens with zero attached hydrogens (tertiary/aromatic N) is 2. The van der Waals surface area contributed by atoms with Gasteiger partial charge in [-0.25, -0.2) is 4.98 Å². The maximum atomic E-state index is 12.3. The van der Waals surface area contributed by atoms with Gasteiger partial charge in [0, 0.05) is 36.8 Å². The van der Waals surface area contributed by atoms with Gasteiger partial charge in [-0.3, -0.25) is 9.59 Å². The van der Waals surface area contributed by atoms with Gasteiger partial charge in [-0.15, -0.1) is 0 Å². The largest absolute Gasteiger partial charge is 0.331 e. The molecular formula is C18H15N3O2S. The highest BCUT2D eigenvalue weighted by atomic mass is 32.1. The average molecular weight is 337 g/mol. The van der Waals surface area contributed by atoms with E-state index in [1.807, 2.05) is 16.8 Å². The minimum Gasteiger partial charge on any atom is -0.331 e. The van der Waals surface area contributed by atoms with Gasteiger partial charge < -0.3 is 9.88 Å². The lowest BCUT2D eigenvalue weighted by Gasteiger charge is -2.04. The van der Waals surface area contributed by atoms with E-state index in [2.05, 4.69) is 10.3 Å². The molecule has 0 radical (unpaired) electrons. The number of rotatable bonds is 5. The number of amides is 1. The van der Waals surface area contributed by atoms with Crippen molar-refractivity contribution in [1.82, 2.24) is 9.55 Å². The summed E-state index contributed by atoms with van der Waals surface area (Å²) in [4.78, 5) is 28.2. The Labute approximate surface area is 143 Å². The van der Waals surface area contributed by atoms with Crippen LogP contribution in [0.4, 0.5) is 5.69 Å². The maximum Gasteiger partial charge on any atom is 0.248 e. The highest BCUT2D eigenvalue weighted by molar-refractivity contribution is 7.08. The van der Waals surface area contributed by atoms with E-state index in [0.717, 1.165) is 5.56 Å². The third-order valence-corrected chi connectivity index (χ3v) is 4.11. The predicted molar refractivity (Wildman–Crippen MR) is 95.1 cm³/mol. The molecule has 0 unspecified atom stereocenters. The lowest BCUT2D eigenvalue weighted by atomic mass is 10.1. The van der Waals surface area contributed by atoms with Gasteiger partial charge in [0.2, 0.25) is 11.7 Å². The fraction of sp³-hybridized carbons (Fsp3) is 0.0556. The van der Waals surface area contributed by atoms with E-state index in [-0.39, 0.29) is 11.7 Å². The number of imidazole rings is 1. The summed E-state index contributed by atoms with van der Waals surface area (Å²) in [6.07, 6.45) is 6.54. The molecule has 0 fully saturated rings. The van der Waals surface area contributed by atoms with E-state index in [4.69, 9.17) is 0 Å². The predicted octanol–water partition coefficient (Wildman–Crippen LogP) is 3.36. The van der Waals surface area contributed by atoms with Gasteiger partial charge in [0.15, 0.2) is 5.82 Å². The van der Waals surface area contributed by atoms with Gasteiger partial charge in [0.1, 0.15) is 0 Å². The van der Waals surface area contributed by atoms with E-state index in [1.165, 1.54) is 6.08 Å². The van der Waals surface area contributed by atoms with Gasteiger partial charge >= 0.3 is 0 Å². The molecule has 0 saturated carbocycles. The SMILES string of the molecule is Cn1ccnc1C(=O)c1ccc(NC(=O)C=Cc2ccsc2)cc1. The van der Waals surface area contributed by atoms with E-state index < -0.39 is 0 Å². The van der Waals surface area contributed by atoms with Gasteiger partial charge in [-0.2, -0.15) is 11.3 Å². The van der Waals surface area contributed by atoms with E-state index >= 15 is 0 Å². The summed E-state index contributed by atoms with van der Waals surface area (Å²) < 4.78 is 1.67. The number of aromatic nitrogens is 2. The molecule has 120 valence electrons. The zero-order valence-electron chi connectivity index (χ0n) is 13.0. The summed E-state index contributed by atoms with van der Waals surface area (Å²) in [6.45, 7) is 0. The first kappa shape index (κ1) is 15.9. The van der Waals surface area contributed by atoms with Gasteiger partial charge in [-0.05, 0) is 52.7 Å². The Hall–Kier alpha value is -2.99. The van der Waals surface area contributed by atoms with Crippen molar-refractivity contribution in [2.75, 3.05) is 5.32 Å². The van der Waals surface area contributed by atoms with E-state index in [0.29, 0.717) is 17.1 Å². The lowest BCUT2D eigenvalue weighted by molar-refractivity contribution is -0.111. The van der Waals surface area contributed by atoms with Crippen LogP contribution in [0.1, 0.15) is 21.7 Å². The summed E-state index contributed by atoms with van der Waals surface area (Å²) in [5, 5.41) is 6.68. The Morgan fingerprint density at radius 1 is 1.21 bits per heavy atom. The van der Waals surface area contributed by atoms with Crippen molar-refractivity contribution >= 4 is 34.8 Å². The maximum absolute atomic E-state index is 12.3. The second-order valence-corrected chi connectivity index (χ2v) is 5.93. The van der Waals surface area contributed by atoms with Gasteiger partial charge in [0.25, 0.3) is 0 Å². The summed E-state index contributed by atoms with van der Waals surface area (Å²) in [7, 11) is 1.77. The molecule has 0 atom stereocenters. The van der Waals surface area contributed by atoms with Gasteiger partial charge in [-0.1, -0.05) is 0 Å². The summed E-state index contributed by atoms with van der Waals surface area (Å²) in [6, 6.07) is 8.69. The van der Waals surface area contributed by atoms with Crippen LogP contribution in [0.25, 0.3) is 6.08 Å². The minimum atomic E-state index is -0.218. The first-order valence-corrected chi connectivity index (χ1v) is 8.21. The van der Waals surface area contributed by atoms with Crippen LogP contribution in [-0.4, -0.2) is 21.2 Å². The monoisotopic (exact) mass is 337 g/mol. The molecule has 2 aromatic heterocycles. The Morgan fingerprint density at radius 2 is 2.00 bits per heavy atom. The fourth-order valence-electron chi connectivity index (χ4n) is 2.14. The first-order valence-electron chi connectivity index (χ1n) is 7.27. The number of anilines is 1. The third kappa shape index (κ3) is 3.67.